The number of anilines is 2. The van der Waals surface area contributed by atoms with Crippen LogP contribution < -0.4 is 15.4 Å². The Kier molecular flexibility index (Phi) is 5.78. The van der Waals surface area contributed by atoms with Gasteiger partial charge >= 0.3 is 6.03 Å². The summed E-state index contributed by atoms with van der Waals surface area (Å²) in [7, 11) is 3.36. The summed E-state index contributed by atoms with van der Waals surface area (Å²) in [4.78, 5) is 25.5. The van der Waals surface area contributed by atoms with Gasteiger partial charge in [-0.15, -0.1) is 0 Å². The van der Waals surface area contributed by atoms with Crippen molar-refractivity contribution in [1.82, 2.24) is 4.90 Å². The minimum Gasteiger partial charge on any atom is -0.494 e. The molecule has 0 aliphatic rings. The average molecular weight is 327 g/mol. The van der Waals surface area contributed by atoms with Gasteiger partial charge in [-0.25, -0.2) is 4.79 Å². The highest BCUT2D eigenvalue weighted by atomic mass is 16.5. The number of amides is 3. The summed E-state index contributed by atoms with van der Waals surface area (Å²) in [5, 5.41) is 5.44. The lowest BCUT2D eigenvalue weighted by molar-refractivity contribution is 0.0827. The van der Waals surface area contributed by atoms with Gasteiger partial charge in [-0.1, -0.05) is 6.07 Å². The molecule has 6 heteroatoms. The number of benzene rings is 2. The van der Waals surface area contributed by atoms with Crippen molar-refractivity contribution in [3.8, 4) is 5.75 Å². The molecule has 0 atom stereocenters. The van der Waals surface area contributed by atoms with Gasteiger partial charge in [0.15, 0.2) is 0 Å². The molecular weight excluding hydrogens is 306 g/mol. The van der Waals surface area contributed by atoms with E-state index in [0.717, 1.165) is 5.75 Å². The van der Waals surface area contributed by atoms with E-state index in [4.69, 9.17) is 4.74 Å². The van der Waals surface area contributed by atoms with E-state index in [2.05, 4.69) is 10.6 Å². The first-order chi connectivity index (χ1) is 11.5. The van der Waals surface area contributed by atoms with Crippen molar-refractivity contribution in [2.45, 2.75) is 6.92 Å². The standard InChI is InChI=1S/C18H21N3O3/c1-4-24-16-10-8-14(9-11-16)19-18(23)20-15-7-5-6-13(12-15)17(22)21(2)3/h5-12H,4H2,1-3H3,(H2,19,20,23). The van der Waals surface area contributed by atoms with Gasteiger partial charge in [0, 0.05) is 31.0 Å². The number of carbonyl (C=O) groups excluding carboxylic acids is 2. The van der Waals surface area contributed by atoms with Crippen molar-refractivity contribution in [3.05, 3.63) is 54.1 Å². The maximum Gasteiger partial charge on any atom is 0.323 e. The first-order valence-corrected chi connectivity index (χ1v) is 7.62. The van der Waals surface area contributed by atoms with Gasteiger partial charge in [0.25, 0.3) is 5.91 Å². The maximum absolute atomic E-state index is 12.1. The van der Waals surface area contributed by atoms with Crippen LogP contribution in [0.25, 0.3) is 0 Å². The van der Waals surface area contributed by atoms with Crippen LogP contribution in [0.4, 0.5) is 16.2 Å². The minimum atomic E-state index is -0.381. The Balaban J connectivity index is 1.99. The molecule has 0 aliphatic carbocycles. The number of carbonyl (C=O) groups is 2. The second kappa shape index (κ2) is 8.01. The normalized spacial score (nSPS) is 9.96. The topological polar surface area (TPSA) is 70.7 Å². The highest BCUT2D eigenvalue weighted by Crippen LogP contribution is 2.16. The van der Waals surface area contributed by atoms with Gasteiger partial charge in [0.1, 0.15) is 5.75 Å². The molecule has 2 N–H and O–H groups in total. The first kappa shape index (κ1) is 17.3. The summed E-state index contributed by atoms with van der Waals surface area (Å²) < 4.78 is 5.35. The predicted molar refractivity (Wildman–Crippen MR) is 94.7 cm³/mol. The van der Waals surface area contributed by atoms with Gasteiger partial charge in [-0.2, -0.15) is 0 Å². The number of hydrogen-bond acceptors (Lipinski definition) is 3. The molecule has 0 saturated heterocycles. The highest BCUT2D eigenvalue weighted by molar-refractivity contribution is 6.01. The lowest BCUT2D eigenvalue weighted by Gasteiger charge is -2.12. The van der Waals surface area contributed by atoms with Crippen molar-refractivity contribution in [1.29, 1.82) is 0 Å². The number of nitrogens with zero attached hydrogens (tertiary/aromatic N) is 1. The summed E-state index contributed by atoms with van der Waals surface area (Å²) in [5.74, 6) is 0.629. The van der Waals surface area contributed by atoms with Crippen LogP contribution >= 0.6 is 0 Å². The Bertz CT molecular complexity index is 712. The van der Waals surface area contributed by atoms with Crippen LogP contribution in [0.15, 0.2) is 48.5 Å². The molecule has 0 aliphatic heterocycles. The smallest absolute Gasteiger partial charge is 0.323 e. The summed E-state index contributed by atoms with van der Waals surface area (Å²) >= 11 is 0. The quantitative estimate of drug-likeness (QED) is 0.884. The lowest BCUT2D eigenvalue weighted by Crippen LogP contribution is -2.22. The highest BCUT2D eigenvalue weighted by Gasteiger charge is 2.09. The molecule has 3 amide bonds. The van der Waals surface area contributed by atoms with Gasteiger partial charge in [-0.05, 0) is 49.4 Å². The molecular formula is C18H21N3O3. The van der Waals surface area contributed by atoms with Crippen LogP contribution in [0.1, 0.15) is 17.3 Å². The fraction of sp³-hybridized carbons (Fsp3) is 0.222. The second-order valence-corrected chi connectivity index (χ2v) is 5.32. The van der Waals surface area contributed by atoms with Gasteiger partial charge in [-0.3, -0.25) is 4.79 Å². The summed E-state index contributed by atoms with van der Waals surface area (Å²) in [6.45, 7) is 2.50. The molecule has 126 valence electrons. The molecule has 0 heterocycles. The predicted octanol–water partition coefficient (Wildman–Crippen LogP) is 3.43. The van der Waals surface area contributed by atoms with E-state index in [-0.39, 0.29) is 11.9 Å². The molecule has 0 saturated carbocycles. The fourth-order valence-electron chi connectivity index (χ4n) is 2.08. The maximum atomic E-state index is 12.1. The third-order valence-corrected chi connectivity index (χ3v) is 3.20. The van der Waals surface area contributed by atoms with E-state index >= 15 is 0 Å². The molecule has 24 heavy (non-hydrogen) atoms. The van der Waals surface area contributed by atoms with E-state index in [1.165, 1.54) is 4.90 Å². The second-order valence-electron chi connectivity index (χ2n) is 5.32. The Labute approximate surface area is 141 Å². The van der Waals surface area contributed by atoms with Crippen LogP contribution in [-0.4, -0.2) is 37.5 Å². The fourth-order valence-corrected chi connectivity index (χ4v) is 2.08. The van der Waals surface area contributed by atoms with Crippen molar-refractivity contribution in [2.24, 2.45) is 0 Å². The Morgan fingerprint density at radius 2 is 1.67 bits per heavy atom. The van der Waals surface area contributed by atoms with E-state index in [0.29, 0.717) is 23.5 Å². The zero-order valence-corrected chi connectivity index (χ0v) is 14.0. The minimum absolute atomic E-state index is 0.120. The lowest BCUT2D eigenvalue weighted by atomic mass is 10.2. The molecule has 2 aromatic rings. The Morgan fingerprint density at radius 3 is 2.29 bits per heavy atom. The van der Waals surface area contributed by atoms with Crippen molar-refractivity contribution < 1.29 is 14.3 Å². The summed E-state index contributed by atoms with van der Waals surface area (Å²) in [6, 6.07) is 13.5. The Morgan fingerprint density at radius 1 is 1.00 bits per heavy atom. The Hall–Kier alpha value is -3.02. The van der Waals surface area contributed by atoms with Crippen LogP contribution in [0.3, 0.4) is 0 Å². The third kappa shape index (κ3) is 4.74. The van der Waals surface area contributed by atoms with E-state index < -0.39 is 0 Å². The average Bonchev–Trinajstić information content (AvgIpc) is 2.56. The molecule has 0 aromatic heterocycles. The molecule has 0 fully saturated rings. The van der Waals surface area contributed by atoms with Crippen molar-refractivity contribution in [2.75, 3.05) is 31.3 Å². The van der Waals surface area contributed by atoms with Crippen LogP contribution in [0.2, 0.25) is 0 Å². The molecule has 0 spiro atoms. The number of rotatable bonds is 5. The molecule has 2 rings (SSSR count). The van der Waals surface area contributed by atoms with Crippen LogP contribution in [-0.2, 0) is 0 Å². The van der Waals surface area contributed by atoms with Crippen LogP contribution in [0.5, 0.6) is 5.75 Å². The molecule has 0 bridgehead atoms. The molecule has 0 radical (unpaired) electrons. The van der Waals surface area contributed by atoms with Crippen molar-refractivity contribution >= 4 is 23.3 Å². The molecule has 2 aromatic carbocycles. The number of ether oxygens (including phenoxy) is 1. The molecule has 0 unspecified atom stereocenters. The zero-order valence-electron chi connectivity index (χ0n) is 14.0. The summed E-state index contributed by atoms with van der Waals surface area (Å²) in [5.41, 5.74) is 1.71. The van der Waals surface area contributed by atoms with Crippen LogP contribution in [0, 0.1) is 0 Å². The van der Waals surface area contributed by atoms with E-state index in [1.807, 2.05) is 6.92 Å². The number of nitrogens with one attached hydrogen (secondary N) is 2. The largest absolute Gasteiger partial charge is 0.494 e. The van der Waals surface area contributed by atoms with Gasteiger partial charge in [0.05, 0.1) is 6.61 Å². The zero-order chi connectivity index (χ0) is 17.5. The third-order valence-electron chi connectivity index (χ3n) is 3.20. The van der Waals surface area contributed by atoms with E-state index in [1.54, 1.807) is 62.6 Å². The first-order valence-electron chi connectivity index (χ1n) is 7.62. The molecule has 6 nitrogen and oxygen atoms in total. The van der Waals surface area contributed by atoms with Crippen molar-refractivity contribution in [3.63, 3.8) is 0 Å². The summed E-state index contributed by atoms with van der Waals surface area (Å²) in [6.07, 6.45) is 0. The van der Waals surface area contributed by atoms with Gasteiger partial charge < -0.3 is 20.3 Å². The number of hydrogen-bond donors (Lipinski definition) is 2. The van der Waals surface area contributed by atoms with E-state index in [9.17, 15) is 9.59 Å². The van der Waals surface area contributed by atoms with Gasteiger partial charge in [0.2, 0.25) is 0 Å². The number of urea groups is 1. The SMILES string of the molecule is CCOc1ccc(NC(=O)Nc2cccc(C(=O)N(C)C)c2)cc1. The monoisotopic (exact) mass is 327 g/mol.